The summed E-state index contributed by atoms with van der Waals surface area (Å²) in [6, 6.07) is 7.34. The number of carbonyl (C=O) groups is 1. The molecular weight excluding hydrogens is 286 g/mol. The van der Waals surface area contributed by atoms with Gasteiger partial charge in [0.05, 0.1) is 25.1 Å². The summed E-state index contributed by atoms with van der Waals surface area (Å²) in [4.78, 5) is 16.0. The van der Waals surface area contributed by atoms with E-state index in [0.29, 0.717) is 17.2 Å². The zero-order valence-corrected chi connectivity index (χ0v) is 12.1. The minimum absolute atomic E-state index is 0. The van der Waals surface area contributed by atoms with E-state index in [1.165, 1.54) is 11.8 Å². The Hall–Kier alpha value is -1.40. The van der Waals surface area contributed by atoms with Gasteiger partial charge < -0.3 is 15.4 Å². The summed E-state index contributed by atoms with van der Waals surface area (Å²) in [5.41, 5.74) is 0.687. The number of methoxy groups -OCH3 is 1. The maximum absolute atomic E-state index is 11.8. The zero-order chi connectivity index (χ0) is 12.8. The normalized spacial score (nSPS) is 13.0. The van der Waals surface area contributed by atoms with Gasteiger partial charge in [-0.25, -0.2) is 0 Å². The molecule has 0 unspecified atom stereocenters. The standard InChI is InChI=1S/C12H15N3O2S.ClH/c1-17-10-5-3-2-4-9(10)15-11(16)8-18-12-13-6-7-14-12;/h2-5H,6-8H2,1H3,(H,13,14)(H,15,16);1H. The van der Waals surface area contributed by atoms with E-state index >= 15 is 0 Å². The Bertz CT molecular complexity index is 468. The number of benzene rings is 1. The van der Waals surface area contributed by atoms with Gasteiger partial charge in [-0.15, -0.1) is 12.4 Å². The molecule has 1 aromatic carbocycles. The Morgan fingerprint density at radius 1 is 1.53 bits per heavy atom. The molecule has 1 amide bonds. The molecule has 0 aliphatic carbocycles. The molecule has 1 aliphatic heterocycles. The van der Waals surface area contributed by atoms with E-state index in [9.17, 15) is 4.79 Å². The minimum atomic E-state index is -0.0686. The summed E-state index contributed by atoms with van der Waals surface area (Å²) < 4.78 is 5.17. The van der Waals surface area contributed by atoms with Crippen molar-refractivity contribution in [2.75, 3.05) is 31.3 Å². The van der Waals surface area contributed by atoms with E-state index in [0.717, 1.165) is 18.3 Å². The monoisotopic (exact) mass is 301 g/mol. The largest absolute Gasteiger partial charge is 0.495 e. The number of nitrogens with zero attached hydrogens (tertiary/aromatic N) is 1. The minimum Gasteiger partial charge on any atom is -0.495 e. The molecule has 2 N–H and O–H groups in total. The first-order chi connectivity index (χ1) is 8.79. The lowest BCUT2D eigenvalue weighted by Crippen LogP contribution is -2.20. The van der Waals surface area contributed by atoms with Crippen LogP contribution in [-0.4, -0.2) is 37.0 Å². The van der Waals surface area contributed by atoms with Gasteiger partial charge in [0.15, 0.2) is 5.17 Å². The highest BCUT2D eigenvalue weighted by Gasteiger charge is 2.10. The van der Waals surface area contributed by atoms with Crippen molar-refractivity contribution < 1.29 is 9.53 Å². The Kier molecular flexibility index (Phi) is 6.52. The Morgan fingerprint density at radius 3 is 3.00 bits per heavy atom. The number of ether oxygens (including phenoxy) is 1. The van der Waals surface area contributed by atoms with Crippen molar-refractivity contribution in [2.45, 2.75) is 0 Å². The first kappa shape index (κ1) is 15.7. The van der Waals surface area contributed by atoms with Gasteiger partial charge in [-0.3, -0.25) is 9.79 Å². The molecule has 7 heteroatoms. The molecule has 0 bridgehead atoms. The van der Waals surface area contributed by atoms with Crippen LogP contribution < -0.4 is 15.4 Å². The molecule has 2 rings (SSSR count). The van der Waals surface area contributed by atoms with Gasteiger partial charge in [-0.1, -0.05) is 23.9 Å². The molecule has 0 radical (unpaired) electrons. The van der Waals surface area contributed by atoms with E-state index in [1.807, 2.05) is 24.3 Å². The quantitative estimate of drug-likeness (QED) is 0.889. The fraction of sp³-hybridized carbons (Fsp3) is 0.333. The maximum atomic E-state index is 11.8. The second kappa shape index (κ2) is 7.91. The van der Waals surface area contributed by atoms with Crippen LogP contribution >= 0.6 is 24.2 Å². The number of carbonyl (C=O) groups excluding carboxylic acids is 1. The third-order valence-electron chi connectivity index (χ3n) is 2.36. The molecule has 5 nitrogen and oxygen atoms in total. The summed E-state index contributed by atoms with van der Waals surface area (Å²) in [6.07, 6.45) is 0. The molecular formula is C12H16ClN3O2S. The summed E-state index contributed by atoms with van der Waals surface area (Å²) >= 11 is 1.41. The number of thioether (sulfide) groups is 1. The lowest BCUT2D eigenvalue weighted by atomic mass is 10.3. The number of anilines is 1. The first-order valence-electron chi connectivity index (χ1n) is 5.63. The molecule has 0 aromatic heterocycles. The van der Waals surface area contributed by atoms with Gasteiger partial charge in [0, 0.05) is 6.54 Å². The summed E-state index contributed by atoms with van der Waals surface area (Å²) in [5, 5.41) is 6.76. The van der Waals surface area contributed by atoms with E-state index in [4.69, 9.17) is 4.74 Å². The van der Waals surface area contributed by atoms with Crippen molar-refractivity contribution >= 4 is 40.9 Å². The van der Waals surface area contributed by atoms with E-state index in [1.54, 1.807) is 7.11 Å². The first-order valence-corrected chi connectivity index (χ1v) is 6.62. The predicted molar refractivity (Wildman–Crippen MR) is 81.6 cm³/mol. The highest BCUT2D eigenvalue weighted by molar-refractivity contribution is 8.14. The third kappa shape index (κ3) is 4.65. The van der Waals surface area contributed by atoms with Gasteiger partial charge in [-0.05, 0) is 12.1 Å². The van der Waals surface area contributed by atoms with E-state index in [-0.39, 0.29) is 18.3 Å². The summed E-state index contributed by atoms with van der Waals surface area (Å²) in [5.74, 6) is 0.928. The average molecular weight is 302 g/mol. The van der Waals surface area contributed by atoms with Crippen LogP contribution in [0.1, 0.15) is 0 Å². The van der Waals surface area contributed by atoms with Crippen LogP contribution in [0.3, 0.4) is 0 Å². The van der Waals surface area contributed by atoms with Crippen molar-refractivity contribution in [3.63, 3.8) is 0 Å². The van der Waals surface area contributed by atoms with Crippen molar-refractivity contribution in [2.24, 2.45) is 4.99 Å². The average Bonchev–Trinajstić information content (AvgIpc) is 2.90. The number of aliphatic imine (C=N–C) groups is 1. The van der Waals surface area contributed by atoms with Crippen molar-refractivity contribution in [1.29, 1.82) is 0 Å². The van der Waals surface area contributed by atoms with Gasteiger partial charge in [-0.2, -0.15) is 0 Å². The molecule has 0 saturated carbocycles. The van der Waals surface area contributed by atoms with Crippen LogP contribution in [0.25, 0.3) is 0 Å². The smallest absolute Gasteiger partial charge is 0.234 e. The molecule has 19 heavy (non-hydrogen) atoms. The molecule has 1 aromatic rings. The van der Waals surface area contributed by atoms with Crippen molar-refractivity contribution in [3.05, 3.63) is 24.3 Å². The Labute approximate surface area is 122 Å². The van der Waals surface area contributed by atoms with Gasteiger partial charge >= 0.3 is 0 Å². The molecule has 0 fully saturated rings. The van der Waals surface area contributed by atoms with Gasteiger partial charge in [0.1, 0.15) is 5.75 Å². The molecule has 0 spiro atoms. The Morgan fingerprint density at radius 2 is 2.32 bits per heavy atom. The lowest BCUT2D eigenvalue weighted by molar-refractivity contribution is -0.113. The SMILES string of the molecule is COc1ccccc1NC(=O)CSC1=NCCN1.Cl. The lowest BCUT2D eigenvalue weighted by Gasteiger charge is -2.09. The number of para-hydroxylation sites is 2. The third-order valence-corrected chi connectivity index (χ3v) is 3.32. The number of nitrogens with one attached hydrogen (secondary N) is 2. The molecule has 0 saturated heterocycles. The molecule has 104 valence electrons. The fourth-order valence-electron chi connectivity index (χ4n) is 1.54. The van der Waals surface area contributed by atoms with Crippen LogP contribution in [0, 0.1) is 0 Å². The van der Waals surface area contributed by atoms with Gasteiger partial charge in [0.25, 0.3) is 0 Å². The van der Waals surface area contributed by atoms with E-state index < -0.39 is 0 Å². The van der Waals surface area contributed by atoms with Crippen molar-refractivity contribution in [3.8, 4) is 5.75 Å². The van der Waals surface area contributed by atoms with Crippen LogP contribution in [0.2, 0.25) is 0 Å². The highest BCUT2D eigenvalue weighted by atomic mass is 35.5. The van der Waals surface area contributed by atoms with E-state index in [2.05, 4.69) is 15.6 Å². The zero-order valence-electron chi connectivity index (χ0n) is 10.5. The van der Waals surface area contributed by atoms with Crippen LogP contribution in [0.5, 0.6) is 5.75 Å². The molecule has 0 atom stereocenters. The predicted octanol–water partition coefficient (Wildman–Crippen LogP) is 1.75. The summed E-state index contributed by atoms with van der Waals surface area (Å²) in [7, 11) is 1.58. The van der Waals surface area contributed by atoms with Crippen molar-refractivity contribution in [1.82, 2.24) is 5.32 Å². The Balaban J connectivity index is 0.00000180. The maximum Gasteiger partial charge on any atom is 0.234 e. The second-order valence-corrected chi connectivity index (χ2v) is 4.61. The molecule has 1 aliphatic rings. The second-order valence-electron chi connectivity index (χ2n) is 3.65. The number of halogens is 1. The van der Waals surface area contributed by atoms with Crippen LogP contribution in [-0.2, 0) is 4.79 Å². The number of hydrogen-bond donors (Lipinski definition) is 2. The van der Waals surface area contributed by atoms with Gasteiger partial charge in [0.2, 0.25) is 5.91 Å². The number of rotatable bonds is 4. The topological polar surface area (TPSA) is 62.7 Å². The van der Waals surface area contributed by atoms with Crippen LogP contribution in [0.4, 0.5) is 5.69 Å². The number of hydrogen-bond acceptors (Lipinski definition) is 5. The number of amidine groups is 1. The number of amides is 1. The summed E-state index contributed by atoms with van der Waals surface area (Å²) in [6.45, 7) is 1.65. The highest BCUT2D eigenvalue weighted by Crippen LogP contribution is 2.23. The van der Waals surface area contributed by atoms with Crippen LogP contribution in [0.15, 0.2) is 29.3 Å². The molecule has 1 heterocycles. The fourth-order valence-corrected chi connectivity index (χ4v) is 2.27.